The number of fused-ring (bicyclic) bond motifs is 2. The maximum absolute atomic E-state index is 14.1. The monoisotopic (exact) mass is 1040 g/mol. The van der Waals surface area contributed by atoms with Crippen LogP contribution in [0.5, 0.6) is 17.2 Å². The van der Waals surface area contributed by atoms with E-state index in [0.29, 0.717) is 42.7 Å². The van der Waals surface area contributed by atoms with Gasteiger partial charge in [-0.25, -0.2) is 18.1 Å². The molecule has 7 aromatic rings. The van der Waals surface area contributed by atoms with Crippen LogP contribution in [0.25, 0.3) is 22.0 Å². The topological polar surface area (TPSA) is 209 Å². The average molecular weight is 1040 g/mol. The van der Waals surface area contributed by atoms with Crippen LogP contribution in [0.3, 0.4) is 0 Å². The SMILES string of the molecule is COc1cc(CN2CCN(C3CC4(C3)CN(c3ccc(C(=O)NS(=O)(=O)c5ccc(NCC6CCC(C)(O)CC6)c([N+](=O)[O-])c5)c(Oc5cnc6[nH]ccc6c5)c3)C4)[C@H](c3ccccc3C(C)C)C2)cc2ccoc12. The van der Waals surface area contributed by atoms with Crippen LogP contribution in [0, 0.1) is 21.4 Å². The predicted octanol–water partition coefficient (Wildman–Crippen LogP) is 10.1. The van der Waals surface area contributed by atoms with Crippen molar-refractivity contribution in [3.05, 3.63) is 142 Å². The van der Waals surface area contributed by atoms with Gasteiger partial charge in [0.05, 0.1) is 40.6 Å². The normalized spacial score (nSPS) is 21.3. The Balaban J connectivity index is 0.791. The van der Waals surface area contributed by atoms with Gasteiger partial charge in [-0.3, -0.25) is 24.7 Å². The minimum absolute atomic E-state index is 0.0392. The van der Waals surface area contributed by atoms with Gasteiger partial charge in [0.2, 0.25) is 0 Å². The van der Waals surface area contributed by atoms with E-state index >= 15 is 0 Å². The fourth-order valence-corrected chi connectivity index (χ4v) is 13.1. The van der Waals surface area contributed by atoms with E-state index < -0.39 is 37.0 Å². The molecule has 1 spiro atoms. The first kappa shape index (κ1) is 50.2. The molecule has 4 fully saturated rings. The minimum Gasteiger partial charge on any atom is -0.493 e. The number of aliphatic hydroxyl groups is 1. The number of rotatable bonds is 16. The first-order valence-corrected chi connectivity index (χ1v) is 27.4. The van der Waals surface area contributed by atoms with Gasteiger partial charge in [0, 0.05) is 98.1 Å². The number of hydrogen-bond donors (Lipinski definition) is 4. The summed E-state index contributed by atoms with van der Waals surface area (Å²) in [6, 6.07) is 28.2. The molecule has 2 aliphatic carbocycles. The molecular weight excluding hydrogens is 973 g/mol. The number of furan rings is 1. The zero-order chi connectivity index (χ0) is 52.2. The highest BCUT2D eigenvalue weighted by molar-refractivity contribution is 7.90. The van der Waals surface area contributed by atoms with Gasteiger partial charge in [-0.1, -0.05) is 38.1 Å². The van der Waals surface area contributed by atoms with Crippen LogP contribution in [0.4, 0.5) is 17.1 Å². The number of pyridine rings is 1. The Hall–Kier alpha value is -6.99. The van der Waals surface area contributed by atoms with E-state index in [1.165, 1.54) is 35.0 Å². The van der Waals surface area contributed by atoms with Crippen LogP contribution < -0.4 is 24.4 Å². The third-order valence-electron chi connectivity index (χ3n) is 16.2. The first-order valence-electron chi connectivity index (χ1n) is 26.0. The van der Waals surface area contributed by atoms with Crippen molar-refractivity contribution < 1.29 is 37.1 Å². The second-order valence-electron chi connectivity index (χ2n) is 21.9. The van der Waals surface area contributed by atoms with Crippen molar-refractivity contribution in [2.45, 2.75) is 94.3 Å². The molecule has 17 nitrogen and oxygen atoms in total. The van der Waals surface area contributed by atoms with Gasteiger partial charge in [-0.15, -0.1) is 0 Å². The molecule has 75 heavy (non-hydrogen) atoms. The molecule has 5 heterocycles. The summed E-state index contributed by atoms with van der Waals surface area (Å²) in [6.45, 7) is 12.0. The van der Waals surface area contributed by atoms with Crippen molar-refractivity contribution >= 4 is 55.0 Å². The zero-order valence-corrected chi connectivity index (χ0v) is 43.6. The molecule has 11 rings (SSSR count). The Morgan fingerprint density at radius 2 is 1.79 bits per heavy atom. The fraction of sp³-hybridized carbons (Fsp3) is 0.404. The second-order valence-corrected chi connectivity index (χ2v) is 23.6. The Morgan fingerprint density at radius 1 is 0.987 bits per heavy atom. The Kier molecular flexibility index (Phi) is 13.3. The molecular formula is C57H64N8O9S. The van der Waals surface area contributed by atoms with Gasteiger partial charge in [-0.05, 0) is 129 Å². The lowest BCUT2D eigenvalue weighted by Crippen LogP contribution is -2.68. The van der Waals surface area contributed by atoms with Crippen LogP contribution in [0.2, 0.25) is 0 Å². The number of nitro groups is 1. The number of nitrogens with one attached hydrogen (secondary N) is 3. The van der Waals surface area contributed by atoms with Crippen molar-refractivity contribution in [1.82, 2.24) is 24.5 Å². The summed E-state index contributed by atoms with van der Waals surface area (Å²) in [6.07, 6.45) is 9.90. The number of hydrogen-bond acceptors (Lipinski definition) is 14. The maximum atomic E-state index is 14.1. The number of aromatic nitrogens is 2. The number of anilines is 2. The molecule has 1 atom stereocenters. The number of carbonyl (C=O) groups is 1. The zero-order valence-electron chi connectivity index (χ0n) is 42.8. The number of nitrogens with zero attached hydrogens (tertiary/aromatic N) is 5. The summed E-state index contributed by atoms with van der Waals surface area (Å²) in [7, 11) is -2.91. The molecule has 0 bridgehead atoms. The van der Waals surface area contributed by atoms with Crippen molar-refractivity contribution in [2.24, 2.45) is 11.3 Å². The molecule has 4 aromatic carbocycles. The summed E-state index contributed by atoms with van der Waals surface area (Å²) >= 11 is 0. The van der Waals surface area contributed by atoms with Gasteiger partial charge in [0.1, 0.15) is 22.8 Å². The lowest BCUT2D eigenvalue weighted by molar-refractivity contribution is -0.384. The molecule has 0 unspecified atom stereocenters. The quantitative estimate of drug-likeness (QED) is 0.0525. The number of carbonyl (C=O) groups excluding carboxylic acids is 1. The maximum Gasteiger partial charge on any atom is 0.293 e. The number of nitro benzene ring substituents is 1. The summed E-state index contributed by atoms with van der Waals surface area (Å²) in [4.78, 5) is 40.4. The number of ether oxygens (including phenoxy) is 2. The highest BCUT2D eigenvalue weighted by Gasteiger charge is 2.55. The van der Waals surface area contributed by atoms with Gasteiger partial charge >= 0.3 is 0 Å². The second kappa shape index (κ2) is 19.9. The van der Waals surface area contributed by atoms with Crippen LogP contribution in [0.15, 0.2) is 119 Å². The number of methoxy groups -OCH3 is 1. The molecule has 4 aliphatic rings. The van der Waals surface area contributed by atoms with E-state index in [1.807, 2.05) is 25.1 Å². The summed E-state index contributed by atoms with van der Waals surface area (Å²) in [5.74, 6) is 0.844. The number of piperazine rings is 1. The molecule has 18 heteroatoms. The smallest absolute Gasteiger partial charge is 0.293 e. The Labute approximate surface area is 436 Å². The van der Waals surface area contributed by atoms with E-state index in [4.69, 9.17) is 13.9 Å². The third-order valence-corrected chi connectivity index (χ3v) is 17.5. The molecule has 1 amide bonds. The number of H-pyrrole nitrogens is 1. The number of benzene rings is 4. The van der Waals surface area contributed by atoms with Crippen LogP contribution in [-0.2, 0) is 16.6 Å². The lowest BCUT2D eigenvalue weighted by atomic mass is 9.59. The minimum atomic E-state index is -4.60. The van der Waals surface area contributed by atoms with Crippen LogP contribution in [-0.4, -0.2) is 102 Å². The fourth-order valence-electron chi connectivity index (χ4n) is 12.1. The summed E-state index contributed by atoms with van der Waals surface area (Å²) in [5.41, 5.74) is 5.32. The first-order chi connectivity index (χ1) is 36.0. The van der Waals surface area contributed by atoms with Crippen molar-refractivity contribution in [1.29, 1.82) is 0 Å². The molecule has 392 valence electrons. The average Bonchev–Trinajstić information content (AvgIpc) is 4.05. The standard InChI is InChI=1S/C57H64N8O9S/c1-36(2)45-7-5-6-8-46(45)50-33-62(32-38-23-39-16-22-73-53(39)52(24-38)72-4)20-21-64(50)42-28-57(29-42)34-63(35-57)41-9-11-47(51(26-41)74-43-25-40-15-19-58-54(40)60-31-43)55(66)61-75(70,71)44-10-12-48(49(27-44)65(68)69)59-30-37-13-17-56(3,67)18-14-37/h5-12,15-16,19,22-27,31,36-37,42,50,59,67H,13-14,17-18,20-21,28-30,32-35H2,1-4H3,(H,58,60)(H,61,66)/t37?,50-,56?/m0/s1. The molecule has 2 saturated carbocycles. The largest absolute Gasteiger partial charge is 0.493 e. The molecule has 3 aromatic heterocycles. The van der Waals surface area contributed by atoms with Crippen LogP contribution >= 0.6 is 0 Å². The molecule has 2 saturated heterocycles. The molecule has 2 aliphatic heterocycles. The summed E-state index contributed by atoms with van der Waals surface area (Å²) < 4.78 is 47.7. The molecule has 0 radical (unpaired) electrons. The van der Waals surface area contributed by atoms with Gasteiger partial charge in [-0.2, -0.15) is 0 Å². The van der Waals surface area contributed by atoms with Gasteiger partial charge in [0.15, 0.2) is 11.3 Å². The van der Waals surface area contributed by atoms with Crippen LogP contribution in [0.1, 0.15) is 98.3 Å². The van der Waals surface area contributed by atoms with Crippen molar-refractivity contribution in [3.63, 3.8) is 0 Å². The van der Waals surface area contributed by atoms with Gasteiger partial charge < -0.3 is 34.2 Å². The van der Waals surface area contributed by atoms with Crippen molar-refractivity contribution in [2.75, 3.05) is 56.6 Å². The number of aromatic amines is 1. The van der Waals surface area contributed by atoms with E-state index in [0.717, 1.165) is 98.8 Å². The highest BCUT2D eigenvalue weighted by Crippen LogP contribution is 2.54. The Morgan fingerprint density at radius 3 is 2.56 bits per heavy atom. The van der Waals surface area contributed by atoms with E-state index in [1.54, 1.807) is 37.8 Å². The molecule has 4 N–H and O–H groups in total. The lowest BCUT2D eigenvalue weighted by Gasteiger charge is -2.63. The Bertz CT molecular complexity index is 3390. The van der Waals surface area contributed by atoms with Crippen molar-refractivity contribution in [3.8, 4) is 17.2 Å². The third kappa shape index (κ3) is 10.3. The number of sulfonamides is 1. The van der Waals surface area contributed by atoms with E-state index in [9.17, 15) is 28.4 Å². The van der Waals surface area contributed by atoms with E-state index in [-0.39, 0.29) is 34.4 Å². The highest BCUT2D eigenvalue weighted by atomic mass is 32.2. The predicted molar refractivity (Wildman–Crippen MR) is 287 cm³/mol. The number of amides is 1. The van der Waals surface area contributed by atoms with Gasteiger partial charge in [0.25, 0.3) is 21.6 Å². The van der Waals surface area contributed by atoms with E-state index in [2.05, 4.69) is 85.0 Å². The summed E-state index contributed by atoms with van der Waals surface area (Å²) in [5, 5.41) is 27.5.